The fraction of sp³-hybridized carbons (Fsp3) is 0.391. The number of fused-ring (bicyclic) bond motifs is 5. The summed E-state index contributed by atoms with van der Waals surface area (Å²) < 4.78 is 0. The summed E-state index contributed by atoms with van der Waals surface area (Å²) in [6, 6.07) is 18.2. The first-order chi connectivity index (χ1) is 11.1. The van der Waals surface area contributed by atoms with Crippen molar-refractivity contribution in [1.29, 1.82) is 0 Å². The summed E-state index contributed by atoms with van der Waals surface area (Å²) >= 11 is 0. The molecule has 23 heavy (non-hydrogen) atoms. The second-order valence-electron chi connectivity index (χ2n) is 7.99. The van der Waals surface area contributed by atoms with E-state index in [1.807, 2.05) is 0 Å². The third-order valence-corrected chi connectivity index (χ3v) is 5.70. The van der Waals surface area contributed by atoms with Crippen LogP contribution >= 0.6 is 0 Å². The van der Waals surface area contributed by atoms with E-state index in [1.165, 1.54) is 47.2 Å². The van der Waals surface area contributed by atoms with Crippen molar-refractivity contribution in [2.45, 2.75) is 51.9 Å². The zero-order chi connectivity index (χ0) is 16.0. The number of hydrogen-bond donors (Lipinski definition) is 0. The van der Waals surface area contributed by atoms with Gasteiger partial charge in [0.25, 0.3) is 0 Å². The number of aryl methyl sites for hydroxylation is 1. The molecule has 1 unspecified atom stereocenters. The van der Waals surface area contributed by atoms with Gasteiger partial charge < -0.3 is 0 Å². The maximum absolute atomic E-state index is 2.48. The predicted molar refractivity (Wildman–Crippen MR) is 101 cm³/mol. The van der Waals surface area contributed by atoms with Crippen molar-refractivity contribution in [1.82, 2.24) is 0 Å². The Hall–Kier alpha value is -1.82. The molecule has 0 bridgehead atoms. The summed E-state index contributed by atoms with van der Waals surface area (Å²) in [5.41, 5.74) is 3.57. The fourth-order valence-corrected chi connectivity index (χ4v) is 4.89. The Morgan fingerprint density at radius 2 is 1.70 bits per heavy atom. The summed E-state index contributed by atoms with van der Waals surface area (Å²) in [6.07, 6.45) is 5.18. The van der Waals surface area contributed by atoms with Gasteiger partial charge in [0.2, 0.25) is 0 Å². The lowest BCUT2D eigenvalue weighted by Crippen LogP contribution is -2.29. The summed E-state index contributed by atoms with van der Waals surface area (Å²) in [7, 11) is 0. The highest BCUT2D eigenvalue weighted by Gasteiger charge is 2.33. The van der Waals surface area contributed by atoms with Crippen LogP contribution in [0.1, 0.15) is 51.2 Å². The van der Waals surface area contributed by atoms with Crippen LogP contribution in [-0.4, -0.2) is 0 Å². The second kappa shape index (κ2) is 5.37. The van der Waals surface area contributed by atoms with Crippen LogP contribution in [0.4, 0.5) is 0 Å². The van der Waals surface area contributed by atoms with E-state index in [1.54, 1.807) is 11.1 Å². The molecule has 4 rings (SSSR count). The third-order valence-electron chi connectivity index (χ3n) is 5.70. The highest BCUT2D eigenvalue weighted by molar-refractivity contribution is 6.08. The van der Waals surface area contributed by atoms with Crippen molar-refractivity contribution < 1.29 is 0 Å². The molecule has 0 saturated heterocycles. The number of benzene rings is 3. The molecule has 3 aromatic carbocycles. The number of rotatable bonds is 2. The Balaban J connectivity index is 1.98. The molecule has 118 valence electrons. The second-order valence-corrected chi connectivity index (χ2v) is 7.99. The van der Waals surface area contributed by atoms with E-state index in [2.05, 4.69) is 69.3 Å². The van der Waals surface area contributed by atoms with Crippen LogP contribution in [-0.2, 0) is 11.8 Å². The maximum atomic E-state index is 2.48. The standard InChI is InChI=1S/C23H26/c1-16(2)15-23(3)14-6-9-21-20-11-10-17-7-4-5-8-18(17)19(20)12-13-22(21)23/h4-5,7-8,10-13,16H,6,9,14-15H2,1-3H3. The van der Waals surface area contributed by atoms with E-state index in [9.17, 15) is 0 Å². The lowest BCUT2D eigenvalue weighted by atomic mass is 9.66. The Kier molecular flexibility index (Phi) is 3.44. The zero-order valence-corrected chi connectivity index (χ0v) is 14.5. The average molecular weight is 302 g/mol. The molecule has 0 fully saturated rings. The van der Waals surface area contributed by atoms with Gasteiger partial charge in [0, 0.05) is 0 Å². The minimum Gasteiger partial charge on any atom is -0.0627 e. The van der Waals surface area contributed by atoms with Crippen LogP contribution in [0.25, 0.3) is 21.5 Å². The molecule has 0 nitrogen and oxygen atoms in total. The predicted octanol–water partition coefficient (Wildman–Crippen LogP) is 6.63. The molecule has 0 heteroatoms. The highest BCUT2D eigenvalue weighted by atomic mass is 14.4. The molecular weight excluding hydrogens is 276 g/mol. The van der Waals surface area contributed by atoms with Gasteiger partial charge in [0.05, 0.1) is 0 Å². The van der Waals surface area contributed by atoms with Crippen LogP contribution in [0.15, 0.2) is 48.5 Å². The van der Waals surface area contributed by atoms with Crippen LogP contribution in [0.2, 0.25) is 0 Å². The molecule has 0 heterocycles. The Morgan fingerprint density at radius 3 is 2.52 bits per heavy atom. The van der Waals surface area contributed by atoms with Crippen molar-refractivity contribution in [2.75, 3.05) is 0 Å². The van der Waals surface area contributed by atoms with Gasteiger partial charge >= 0.3 is 0 Å². The third kappa shape index (κ3) is 2.36. The van der Waals surface area contributed by atoms with Gasteiger partial charge in [0.1, 0.15) is 0 Å². The minimum atomic E-state index is 0.349. The topological polar surface area (TPSA) is 0 Å². The summed E-state index contributed by atoms with van der Waals surface area (Å²) in [5.74, 6) is 0.748. The molecule has 0 aromatic heterocycles. The van der Waals surface area contributed by atoms with Crippen molar-refractivity contribution in [2.24, 2.45) is 5.92 Å². The molecule has 0 saturated carbocycles. The van der Waals surface area contributed by atoms with Crippen molar-refractivity contribution in [3.63, 3.8) is 0 Å². The van der Waals surface area contributed by atoms with E-state index in [0.717, 1.165) is 5.92 Å². The quantitative estimate of drug-likeness (QED) is 0.466. The first-order valence-corrected chi connectivity index (χ1v) is 9.02. The van der Waals surface area contributed by atoms with E-state index in [4.69, 9.17) is 0 Å². The SMILES string of the molecule is CC(C)CC1(C)CCCc2c1ccc1c2ccc2ccccc21. The Morgan fingerprint density at radius 1 is 0.913 bits per heavy atom. The van der Waals surface area contributed by atoms with Crippen LogP contribution < -0.4 is 0 Å². The molecule has 1 aliphatic rings. The van der Waals surface area contributed by atoms with Crippen molar-refractivity contribution in [3.8, 4) is 0 Å². The average Bonchev–Trinajstić information content (AvgIpc) is 2.53. The van der Waals surface area contributed by atoms with Gasteiger partial charge in [-0.1, -0.05) is 69.3 Å². The maximum Gasteiger partial charge on any atom is -0.00698 e. The smallest absolute Gasteiger partial charge is 0.00698 e. The molecule has 1 atom stereocenters. The van der Waals surface area contributed by atoms with Crippen molar-refractivity contribution >= 4 is 21.5 Å². The number of hydrogen-bond acceptors (Lipinski definition) is 0. The van der Waals surface area contributed by atoms with Crippen LogP contribution in [0.3, 0.4) is 0 Å². The minimum absolute atomic E-state index is 0.349. The lowest BCUT2D eigenvalue weighted by Gasteiger charge is -2.38. The molecule has 0 radical (unpaired) electrons. The molecule has 3 aromatic rings. The molecule has 0 aliphatic heterocycles. The van der Waals surface area contributed by atoms with Gasteiger partial charge in [-0.25, -0.2) is 0 Å². The van der Waals surface area contributed by atoms with Gasteiger partial charge in [-0.05, 0) is 69.7 Å². The summed E-state index contributed by atoms with van der Waals surface area (Å²) in [4.78, 5) is 0. The molecule has 0 N–H and O–H groups in total. The molecular formula is C23H26. The first kappa shape index (κ1) is 14.8. The molecule has 0 spiro atoms. The largest absolute Gasteiger partial charge is 0.0627 e. The lowest BCUT2D eigenvalue weighted by molar-refractivity contribution is 0.322. The summed E-state index contributed by atoms with van der Waals surface area (Å²) in [5, 5.41) is 5.65. The molecule has 0 amide bonds. The van der Waals surface area contributed by atoms with Crippen LogP contribution in [0.5, 0.6) is 0 Å². The van der Waals surface area contributed by atoms with Gasteiger partial charge in [-0.2, -0.15) is 0 Å². The highest BCUT2D eigenvalue weighted by Crippen LogP contribution is 2.44. The van der Waals surface area contributed by atoms with Gasteiger partial charge in [0.15, 0.2) is 0 Å². The van der Waals surface area contributed by atoms with Crippen molar-refractivity contribution in [3.05, 3.63) is 59.7 Å². The van der Waals surface area contributed by atoms with E-state index in [0.29, 0.717) is 5.41 Å². The van der Waals surface area contributed by atoms with Gasteiger partial charge in [-0.3, -0.25) is 0 Å². The molecule has 1 aliphatic carbocycles. The Bertz CT molecular complexity index is 872. The monoisotopic (exact) mass is 302 g/mol. The van der Waals surface area contributed by atoms with Crippen LogP contribution in [0, 0.1) is 5.92 Å². The van der Waals surface area contributed by atoms with E-state index >= 15 is 0 Å². The van der Waals surface area contributed by atoms with E-state index < -0.39 is 0 Å². The Labute approximate surface area is 139 Å². The first-order valence-electron chi connectivity index (χ1n) is 9.02. The zero-order valence-electron chi connectivity index (χ0n) is 14.5. The summed E-state index contributed by atoms with van der Waals surface area (Å²) in [6.45, 7) is 7.19. The normalized spacial score (nSPS) is 21.0. The van der Waals surface area contributed by atoms with E-state index in [-0.39, 0.29) is 0 Å². The van der Waals surface area contributed by atoms with Gasteiger partial charge in [-0.15, -0.1) is 0 Å². The fourth-order valence-electron chi connectivity index (χ4n) is 4.89.